The number of nitrogens with two attached hydrogens (primary N) is 1. The summed E-state index contributed by atoms with van der Waals surface area (Å²) in [6, 6.07) is 14.7. The van der Waals surface area contributed by atoms with Crippen LogP contribution in [-0.2, 0) is 0 Å². The standard InChI is InChI=1S/C30H27Cl2N5O2/c31-25-3-1-19(16-26(25)32)21-14-23-22-13-20(2-4-27(22)35-28(23)24(15-21)29(33)38)30(39)37-11-9-36(10-12-37)17-18-5-7-34-8-6-18/h1-7,13-16,34-35H,8-12,17H2,(H2,33,38). The highest BCUT2D eigenvalue weighted by Gasteiger charge is 2.23. The first kappa shape index (κ1) is 25.5. The molecule has 0 unspecified atom stereocenters. The zero-order chi connectivity index (χ0) is 27.1. The van der Waals surface area contributed by atoms with Crippen molar-refractivity contribution in [2.45, 2.75) is 0 Å². The van der Waals surface area contributed by atoms with Crippen LogP contribution in [0.1, 0.15) is 20.7 Å². The van der Waals surface area contributed by atoms with E-state index in [4.69, 9.17) is 28.9 Å². The third-order valence-corrected chi connectivity index (χ3v) is 8.18. The lowest BCUT2D eigenvalue weighted by molar-refractivity contribution is 0.0648. The summed E-state index contributed by atoms with van der Waals surface area (Å²) in [6.45, 7) is 4.76. The molecule has 9 heteroatoms. The van der Waals surface area contributed by atoms with Gasteiger partial charge in [-0.3, -0.25) is 14.5 Å². The largest absolute Gasteiger partial charge is 0.387 e. The van der Waals surface area contributed by atoms with E-state index in [1.165, 1.54) is 5.57 Å². The summed E-state index contributed by atoms with van der Waals surface area (Å²) >= 11 is 12.4. The van der Waals surface area contributed by atoms with Crippen molar-refractivity contribution in [1.82, 2.24) is 20.1 Å². The molecular weight excluding hydrogens is 533 g/mol. The van der Waals surface area contributed by atoms with E-state index in [1.807, 2.05) is 41.4 Å². The molecule has 0 saturated carbocycles. The smallest absolute Gasteiger partial charge is 0.253 e. The maximum atomic E-state index is 13.5. The predicted octanol–water partition coefficient (Wildman–Crippen LogP) is 5.19. The minimum atomic E-state index is -0.543. The number of primary amides is 1. The number of nitrogens with zero attached hydrogens (tertiary/aromatic N) is 2. The van der Waals surface area contributed by atoms with E-state index < -0.39 is 5.91 Å². The topological polar surface area (TPSA) is 94.5 Å². The van der Waals surface area contributed by atoms with Gasteiger partial charge in [0.05, 0.1) is 21.1 Å². The third kappa shape index (κ3) is 5.01. The Hall–Kier alpha value is -3.78. The number of hydrogen-bond donors (Lipinski definition) is 3. The Bertz CT molecular complexity index is 1680. The van der Waals surface area contributed by atoms with E-state index in [1.54, 1.807) is 18.2 Å². The molecule has 4 aromatic rings. The van der Waals surface area contributed by atoms with Crippen molar-refractivity contribution in [3.63, 3.8) is 0 Å². The first-order chi connectivity index (χ1) is 18.9. The summed E-state index contributed by atoms with van der Waals surface area (Å²) in [6.07, 6.45) is 6.29. The molecule has 198 valence electrons. The number of aromatic nitrogens is 1. The van der Waals surface area contributed by atoms with Gasteiger partial charge in [-0.05, 0) is 71.4 Å². The summed E-state index contributed by atoms with van der Waals surface area (Å²) in [5, 5.41) is 5.71. The molecule has 4 N–H and O–H groups in total. The zero-order valence-electron chi connectivity index (χ0n) is 21.1. The molecule has 0 aliphatic carbocycles. The Morgan fingerprint density at radius 3 is 2.44 bits per heavy atom. The van der Waals surface area contributed by atoms with Gasteiger partial charge in [0.25, 0.3) is 11.8 Å². The lowest BCUT2D eigenvalue weighted by Crippen LogP contribution is -2.49. The molecule has 1 saturated heterocycles. The maximum absolute atomic E-state index is 13.5. The van der Waals surface area contributed by atoms with Crippen LogP contribution in [0.5, 0.6) is 0 Å². The van der Waals surface area contributed by atoms with Crippen molar-refractivity contribution in [3.8, 4) is 11.1 Å². The molecule has 6 rings (SSSR count). The summed E-state index contributed by atoms with van der Waals surface area (Å²) < 4.78 is 0. The lowest BCUT2D eigenvalue weighted by atomic mass is 9.98. The van der Waals surface area contributed by atoms with Crippen molar-refractivity contribution < 1.29 is 9.59 Å². The van der Waals surface area contributed by atoms with E-state index in [-0.39, 0.29) is 5.91 Å². The van der Waals surface area contributed by atoms with Crippen LogP contribution in [0.25, 0.3) is 32.9 Å². The molecule has 3 heterocycles. The van der Waals surface area contributed by atoms with Crippen LogP contribution in [-0.4, -0.2) is 65.9 Å². The van der Waals surface area contributed by atoms with Crippen molar-refractivity contribution in [1.29, 1.82) is 0 Å². The number of amides is 2. The summed E-state index contributed by atoms with van der Waals surface area (Å²) in [5.41, 5.74) is 11.1. The van der Waals surface area contributed by atoms with E-state index >= 15 is 0 Å². The predicted molar refractivity (Wildman–Crippen MR) is 157 cm³/mol. The van der Waals surface area contributed by atoms with Gasteiger partial charge in [-0.25, -0.2) is 0 Å². The van der Waals surface area contributed by atoms with Crippen LogP contribution in [0.3, 0.4) is 0 Å². The Balaban J connectivity index is 1.30. The second-order valence-electron chi connectivity index (χ2n) is 9.91. The summed E-state index contributed by atoms with van der Waals surface area (Å²) in [5.74, 6) is -0.541. The molecule has 2 aliphatic heterocycles. The van der Waals surface area contributed by atoms with Gasteiger partial charge >= 0.3 is 0 Å². The monoisotopic (exact) mass is 559 g/mol. The summed E-state index contributed by atoms with van der Waals surface area (Å²) in [4.78, 5) is 33.5. The molecule has 2 aliphatic rings. The van der Waals surface area contributed by atoms with Crippen molar-refractivity contribution in [2.24, 2.45) is 5.73 Å². The number of halogens is 2. The lowest BCUT2D eigenvalue weighted by Gasteiger charge is -2.35. The Morgan fingerprint density at radius 2 is 1.72 bits per heavy atom. The van der Waals surface area contributed by atoms with Gasteiger partial charge in [0.2, 0.25) is 0 Å². The van der Waals surface area contributed by atoms with Gasteiger partial charge in [0.15, 0.2) is 0 Å². The Labute approximate surface area is 235 Å². The molecule has 1 aromatic heterocycles. The minimum absolute atomic E-state index is 0.00244. The van der Waals surface area contributed by atoms with E-state index in [0.717, 1.165) is 53.6 Å². The van der Waals surface area contributed by atoms with E-state index in [2.05, 4.69) is 27.4 Å². The van der Waals surface area contributed by atoms with E-state index in [0.29, 0.717) is 39.8 Å². The normalized spacial score (nSPS) is 15.9. The fraction of sp³-hybridized carbons (Fsp3) is 0.200. The van der Waals surface area contributed by atoms with Gasteiger partial charge in [-0.2, -0.15) is 0 Å². The van der Waals surface area contributed by atoms with Crippen molar-refractivity contribution in [3.05, 3.63) is 93.6 Å². The molecule has 3 aromatic carbocycles. The maximum Gasteiger partial charge on any atom is 0.253 e. The quantitative estimate of drug-likeness (QED) is 0.313. The number of piperazine rings is 1. The van der Waals surface area contributed by atoms with E-state index in [9.17, 15) is 9.59 Å². The van der Waals surface area contributed by atoms with Crippen LogP contribution in [0.2, 0.25) is 10.0 Å². The number of aromatic amines is 1. The van der Waals surface area contributed by atoms with Gasteiger partial charge in [0, 0.05) is 61.1 Å². The number of fused-ring (bicyclic) bond motifs is 3. The van der Waals surface area contributed by atoms with Crippen LogP contribution in [0.4, 0.5) is 0 Å². The molecule has 0 spiro atoms. The molecule has 1 fully saturated rings. The van der Waals surface area contributed by atoms with Crippen molar-refractivity contribution in [2.75, 3.05) is 39.3 Å². The zero-order valence-corrected chi connectivity index (χ0v) is 22.6. The highest BCUT2D eigenvalue weighted by molar-refractivity contribution is 6.42. The SMILES string of the molecule is NC(=O)c1cc(-c2ccc(Cl)c(Cl)c2)cc2c1[nH]c1ccc(C(=O)N3CCN(CC4=CCNC=C4)CC3)cc12. The van der Waals surface area contributed by atoms with Gasteiger partial charge in [-0.1, -0.05) is 35.3 Å². The molecule has 0 atom stereocenters. The second-order valence-corrected chi connectivity index (χ2v) is 10.7. The van der Waals surface area contributed by atoms with Gasteiger partial charge < -0.3 is 20.9 Å². The summed E-state index contributed by atoms with van der Waals surface area (Å²) in [7, 11) is 0. The van der Waals surface area contributed by atoms with Crippen LogP contribution < -0.4 is 11.1 Å². The number of carbonyl (C=O) groups is 2. The number of carbonyl (C=O) groups excluding carboxylic acids is 2. The Kier molecular flexibility index (Phi) is 6.81. The first-order valence-electron chi connectivity index (χ1n) is 12.8. The molecule has 0 bridgehead atoms. The minimum Gasteiger partial charge on any atom is -0.387 e. The second kappa shape index (κ2) is 10.4. The van der Waals surface area contributed by atoms with Crippen LogP contribution >= 0.6 is 23.2 Å². The van der Waals surface area contributed by atoms with Crippen molar-refractivity contribution >= 4 is 56.8 Å². The number of nitrogens with one attached hydrogen (secondary N) is 2. The fourth-order valence-corrected chi connectivity index (χ4v) is 5.63. The highest BCUT2D eigenvalue weighted by atomic mass is 35.5. The number of dihydropyridines is 1. The first-order valence-corrected chi connectivity index (χ1v) is 13.6. The Morgan fingerprint density at radius 1 is 0.897 bits per heavy atom. The average Bonchev–Trinajstić information content (AvgIpc) is 3.32. The molecule has 39 heavy (non-hydrogen) atoms. The molecular formula is C30H27Cl2N5O2. The third-order valence-electron chi connectivity index (χ3n) is 7.44. The van der Waals surface area contributed by atoms with Gasteiger partial charge in [0.1, 0.15) is 0 Å². The highest BCUT2D eigenvalue weighted by Crippen LogP contribution is 2.35. The number of H-pyrrole nitrogens is 1. The van der Waals surface area contributed by atoms with Crippen LogP contribution in [0.15, 0.2) is 72.5 Å². The van der Waals surface area contributed by atoms with Gasteiger partial charge in [-0.15, -0.1) is 0 Å². The fourth-order valence-electron chi connectivity index (χ4n) is 5.33. The molecule has 7 nitrogen and oxygen atoms in total. The average molecular weight is 560 g/mol. The number of rotatable bonds is 5. The number of hydrogen-bond acceptors (Lipinski definition) is 4. The molecule has 0 radical (unpaired) electrons. The van der Waals surface area contributed by atoms with Crippen LogP contribution in [0, 0.1) is 0 Å². The number of benzene rings is 3. The molecule has 2 amide bonds.